The van der Waals surface area contributed by atoms with Crippen molar-refractivity contribution in [3.05, 3.63) is 26.5 Å². The zero-order chi connectivity index (χ0) is 12.7. The molecule has 2 aromatic rings. The molecule has 1 aliphatic heterocycles. The predicted octanol–water partition coefficient (Wildman–Crippen LogP) is 0.420. The topological polar surface area (TPSA) is 92.8 Å². The van der Waals surface area contributed by atoms with Gasteiger partial charge in [-0.1, -0.05) is 0 Å². The maximum absolute atomic E-state index is 11.7. The van der Waals surface area contributed by atoms with Crippen LogP contribution in [0.15, 0.2) is 9.59 Å². The van der Waals surface area contributed by atoms with Crippen LogP contribution < -0.4 is 11.2 Å². The summed E-state index contributed by atoms with van der Waals surface area (Å²) in [6.07, 6.45) is 2.85. The number of aryl methyl sites for hydroxylation is 1. The third-order valence-corrected chi connectivity index (χ3v) is 3.26. The van der Waals surface area contributed by atoms with Gasteiger partial charge in [-0.25, -0.2) is 9.48 Å². The Morgan fingerprint density at radius 2 is 2.17 bits per heavy atom. The van der Waals surface area contributed by atoms with Crippen LogP contribution in [0.2, 0.25) is 0 Å². The van der Waals surface area contributed by atoms with Gasteiger partial charge in [0.05, 0.1) is 11.2 Å². The number of fused-ring (bicyclic) bond motifs is 1. The Hall–Kier alpha value is -1.89. The molecule has 1 fully saturated rings. The molecule has 0 aliphatic carbocycles. The minimum Gasteiger partial charge on any atom is -0.357 e. The van der Waals surface area contributed by atoms with Gasteiger partial charge in [-0.15, -0.1) is 0 Å². The third kappa shape index (κ3) is 1.67. The number of rotatable bonds is 1. The lowest BCUT2D eigenvalue weighted by Crippen LogP contribution is -2.21. The van der Waals surface area contributed by atoms with Gasteiger partial charge in [-0.3, -0.25) is 9.78 Å². The summed E-state index contributed by atoms with van der Waals surface area (Å²) >= 11 is 0. The number of aromatic amines is 2. The normalized spacial score (nSPS) is 20.4. The van der Waals surface area contributed by atoms with Gasteiger partial charge in [0.15, 0.2) is 11.7 Å². The third-order valence-electron chi connectivity index (χ3n) is 3.26. The van der Waals surface area contributed by atoms with Crippen LogP contribution in [0, 0.1) is 6.92 Å². The predicted molar refractivity (Wildman–Crippen MR) is 64.6 cm³/mol. The van der Waals surface area contributed by atoms with E-state index in [1.165, 1.54) is 0 Å². The summed E-state index contributed by atoms with van der Waals surface area (Å²) in [5, 5.41) is 4.25. The lowest BCUT2D eigenvalue weighted by molar-refractivity contribution is -0.0402. The van der Waals surface area contributed by atoms with Gasteiger partial charge in [0.2, 0.25) is 0 Å². The molecular weight excluding hydrogens is 236 g/mol. The molecule has 96 valence electrons. The molecular formula is C11H14N4O3. The summed E-state index contributed by atoms with van der Waals surface area (Å²) in [4.78, 5) is 27.7. The van der Waals surface area contributed by atoms with E-state index in [0.29, 0.717) is 12.1 Å². The summed E-state index contributed by atoms with van der Waals surface area (Å²) in [6.45, 7) is 2.52. The van der Waals surface area contributed by atoms with Gasteiger partial charge in [0, 0.05) is 6.61 Å². The van der Waals surface area contributed by atoms with Gasteiger partial charge in [0.25, 0.3) is 5.56 Å². The second-order valence-corrected chi connectivity index (χ2v) is 4.48. The van der Waals surface area contributed by atoms with Crippen molar-refractivity contribution in [3.8, 4) is 0 Å². The molecule has 18 heavy (non-hydrogen) atoms. The van der Waals surface area contributed by atoms with E-state index in [4.69, 9.17) is 4.74 Å². The Morgan fingerprint density at radius 1 is 1.33 bits per heavy atom. The Balaban J connectivity index is 2.19. The number of aromatic nitrogens is 4. The number of nitrogens with one attached hydrogen (secondary N) is 2. The zero-order valence-corrected chi connectivity index (χ0v) is 10.0. The van der Waals surface area contributed by atoms with Crippen molar-refractivity contribution in [2.75, 3.05) is 6.61 Å². The molecule has 1 aliphatic rings. The van der Waals surface area contributed by atoms with E-state index in [9.17, 15) is 9.59 Å². The number of ether oxygens (including phenoxy) is 1. The monoisotopic (exact) mass is 250 g/mol. The van der Waals surface area contributed by atoms with Crippen LogP contribution in [0.3, 0.4) is 0 Å². The standard InChI is InChI=1S/C11H14N4O3/c1-6-8-9(10(16)13-11(17)12-8)14-15(6)7-4-2-3-5-18-7/h7H,2-5H2,1H3,(H2,12,13,16,17). The van der Waals surface area contributed by atoms with Crippen LogP contribution in [0.4, 0.5) is 0 Å². The first-order chi connectivity index (χ1) is 8.66. The highest BCUT2D eigenvalue weighted by atomic mass is 16.5. The highest BCUT2D eigenvalue weighted by Crippen LogP contribution is 2.25. The molecule has 3 rings (SSSR count). The molecule has 0 saturated carbocycles. The molecule has 2 N–H and O–H groups in total. The number of H-pyrrole nitrogens is 2. The molecule has 2 aromatic heterocycles. The first kappa shape index (κ1) is 11.2. The van der Waals surface area contributed by atoms with Crippen LogP contribution in [0.25, 0.3) is 11.0 Å². The quantitative estimate of drug-likeness (QED) is 0.767. The van der Waals surface area contributed by atoms with Gasteiger partial charge in [0.1, 0.15) is 0 Å². The summed E-state index contributed by atoms with van der Waals surface area (Å²) in [7, 11) is 0. The zero-order valence-electron chi connectivity index (χ0n) is 10.0. The summed E-state index contributed by atoms with van der Waals surface area (Å²) < 4.78 is 7.33. The van der Waals surface area contributed by atoms with E-state index in [1.807, 2.05) is 6.92 Å². The summed E-state index contributed by atoms with van der Waals surface area (Å²) in [5.41, 5.74) is 0.505. The minimum absolute atomic E-state index is 0.144. The fourth-order valence-electron chi connectivity index (χ4n) is 2.33. The van der Waals surface area contributed by atoms with Crippen molar-refractivity contribution in [2.45, 2.75) is 32.4 Å². The van der Waals surface area contributed by atoms with Crippen molar-refractivity contribution < 1.29 is 4.74 Å². The first-order valence-corrected chi connectivity index (χ1v) is 6.00. The maximum atomic E-state index is 11.7. The lowest BCUT2D eigenvalue weighted by atomic mass is 10.2. The second kappa shape index (κ2) is 4.09. The molecule has 0 spiro atoms. The molecule has 3 heterocycles. The van der Waals surface area contributed by atoms with E-state index in [0.717, 1.165) is 25.0 Å². The van der Waals surface area contributed by atoms with E-state index in [2.05, 4.69) is 15.1 Å². The van der Waals surface area contributed by atoms with Crippen molar-refractivity contribution in [1.29, 1.82) is 0 Å². The number of hydrogen-bond donors (Lipinski definition) is 2. The van der Waals surface area contributed by atoms with Crippen molar-refractivity contribution in [2.24, 2.45) is 0 Å². The highest BCUT2D eigenvalue weighted by molar-refractivity contribution is 5.75. The second-order valence-electron chi connectivity index (χ2n) is 4.48. The van der Waals surface area contributed by atoms with Gasteiger partial charge in [-0.05, 0) is 26.2 Å². The van der Waals surface area contributed by atoms with Crippen LogP contribution in [-0.4, -0.2) is 26.4 Å². The van der Waals surface area contributed by atoms with Crippen molar-refractivity contribution >= 4 is 11.0 Å². The van der Waals surface area contributed by atoms with Crippen LogP contribution in [0.1, 0.15) is 31.2 Å². The average Bonchev–Trinajstić information content (AvgIpc) is 2.69. The molecule has 0 bridgehead atoms. The van der Waals surface area contributed by atoms with E-state index in [-0.39, 0.29) is 11.7 Å². The molecule has 1 unspecified atom stereocenters. The molecule has 1 saturated heterocycles. The van der Waals surface area contributed by atoms with Crippen LogP contribution in [0.5, 0.6) is 0 Å². The molecule has 7 heteroatoms. The largest absolute Gasteiger partial charge is 0.357 e. The Kier molecular flexibility index (Phi) is 2.55. The van der Waals surface area contributed by atoms with Gasteiger partial charge in [-0.2, -0.15) is 5.10 Å². The molecule has 7 nitrogen and oxygen atoms in total. The van der Waals surface area contributed by atoms with E-state index in [1.54, 1.807) is 4.68 Å². The Bertz CT molecular complexity index is 690. The van der Waals surface area contributed by atoms with E-state index >= 15 is 0 Å². The molecule has 0 radical (unpaired) electrons. The fourth-order valence-corrected chi connectivity index (χ4v) is 2.33. The highest BCUT2D eigenvalue weighted by Gasteiger charge is 2.21. The minimum atomic E-state index is -0.514. The van der Waals surface area contributed by atoms with Crippen LogP contribution in [-0.2, 0) is 4.74 Å². The van der Waals surface area contributed by atoms with E-state index < -0.39 is 11.2 Å². The molecule has 1 atom stereocenters. The SMILES string of the molecule is Cc1c2[nH]c(=O)[nH]c(=O)c2nn1C1CCCCO1. The summed E-state index contributed by atoms with van der Waals surface area (Å²) in [5.74, 6) is 0. The maximum Gasteiger partial charge on any atom is 0.326 e. The number of nitrogens with zero attached hydrogens (tertiary/aromatic N) is 2. The van der Waals surface area contributed by atoms with Crippen LogP contribution >= 0.6 is 0 Å². The number of hydrogen-bond acceptors (Lipinski definition) is 4. The van der Waals surface area contributed by atoms with Gasteiger partial charge < -0.3 is 9.72 Å². The fraction of sp³-hybridized carbons (Fsp3) is 0.545. The van der Waals surface area contributed by atoms with Crippen molar-refractivity contribution in [3.63, 3.8) is 0 Å². The Labute approximate surface area is 102 Å². The smallest absolute Gasteiger partial charge is 0.326 e. The lowest BCUT2D eigenvalue weighted by Gasteiger charge is -2.23. The molecule has 0 amide bonds. The summed E-state index contributed by atoms with van der Waals surface area (Å²) in [6, 6.07) is 0. The Morgan fingerprint density at radius 3 is 2.89 bits per heavy atom. The first-order valence-electron chi connectivity index (χ1n) is 6.00. The molecule has 0 aromatic carbocycles. The van der Waals surface area contributed by atoms with Crippen molar-refractivity contribution in [1.82, 2.24) is 19.7 Å². The average molecular weight is 250 g/mol. The van der Waals surface area contributed by atoms with Gasteiger partial charge >= 0.3 is 5.69 Å².